The van der Waals surface area contributed by atoms with Gasteiger partial charge in [0.15, 0.2) is 0 Å². The average molecular weight is 210 g/mol. The van der Waals surface area contributed by atoms with Gasteiger partial charge in [0.2, 0.25) is 0 Å². The van der Waals surface area contributed by atoms with Crippen LogP contribution in [0.2, 0.25) is 0 Å². The van der Waals surface area contributed by atoms with E-state index in [1.54, 1.807) is 0 Å². The van der Waals surface area contributed by atoms with Gasteiger partial charge in [-0.25, -0.2) is 0 Å². The first-order valence-electron chi connectivity index (χ1n) is 6.78. The fraction of sp³-hybridized carbons (Fsp3) is 1.00. The van der Waals surface area contributed by atoms with Gasteiger partial charge in [0.25, 0.3) is 0 Å². The van der Waals surface area contributed by atoms with Crippen molar-refractivity contribution in [2.75, 3.05) is 13.6 Å². The van der Waals surface area contributed by atoms with E-state index >= 15 is 0 Å². The summed E-state index contributed by atoms with van der Waals surface area (Å²) < 4.78 is 0. The molecule has 2 atom stereocenters. The Kier molecular flexibility index (Phi) is 4.04. The zero-order valence-corrected chi connectivity index (χ0v) is 10.3. The summed E-state index contributed by atoms with van der Waals surface area (Å²) in [4.78, 5) is 2.81. The van der Waals surface area contributed by atoms with Crippen molar-refractivity contribution in [3.63, 3.8) is 0 Å². The van der Waals surface area contributed by atoms with Gasteiger partial charge in [-0.05, 0) is 52.1 Å². The number of nitrogens with zero attached hydrogens (tertiary/aromatic N) is 1. The summed E-state index contributed by atoms with van der Waals surface area (Å²) in [6.07, 6.45) is 9.86. The van der Waals surface area contributed by atoms with Crippen molar-refractivity contribution in [2.24, 2.45) is 0 Å². The predicted octanol–water partition coefficient (Wildman–Crippen LogP) is 2.39. The van der Waals surface area contributed by atoms with E-state index in [-0.39, 0.29) is 0 Å². The highest BCUT2D eigenvalue weighted by atomic mass is 15.2. The molecular formula is C13H26N2. The average Bonchev–Trinajstić information content (AvgIpc) is 3.10. The molecule has 2 unspecified atom stereocenters. The first-order valence-corrected chi connectivity index (χ1v) is 6.78. The predicted molar refractivity (Wildman–Crippen MR) is 65.1 cm³/mol. The van der Waals surface area contributed by atoms with Crippen LogP contribution in [0.15, 0.2) is 0 Å². The Labute approximate surface area is 94.4 Å². The van der Waals surface area contributed by atoms with Gasteiger partial charge in [-0.1, -0.05) is 13.3 Å². The molecule has 15 heavy (non-hydrogen) atoms. The number of nitrogens with one attached hydrogen (secondary N) is 1. The second-order valence-corrected chi connectivity index (χ2v) is 5.28. The zero-order valence-electron chi connectivity index (χ0n) is 10.3. The Morgan fingerprint density at radius 1 is 1.13 bits per heavy atom. The second kappa shape index (κ2) is 5.31. The molecule has 2 heteroatoms. The van der Waals surface area contributed by atoms with Crippen LogP contribution in [0.25, 0.3) is 0 Å². The molecule has 0 radical (unpaired) electrons. The number of rotatable bonds is 5. The van der Waals surface area contributed by atoms with Crippen LogP contribution in [-0.4, -0.2) is 36.6 Å². The largest absolute Gasteiger partial charge is 0.317 e. The summed E-state index contributed by atoms with van der Waals surface area (Å²) in [5.41, 5.74) is 0. The van der Waals surface area contributed by atoms with Gasteiger partial charge in [0.1, 0.15) is 0 Å². The molecule has 2 aliphatic carbocycles. The van der Waals surface area contributed by atoms with Gasteiger partial charge in [-0.2, -0.15) is 0 Å². The zero-order chi connectivity index (χ0) is 10.7. The van der Waals surface area contributed by atoms with E-state index < -0.39 is 0 Å². The molecule has 0 aromatic carbocycles. The molecule has 0 heterocycles. The SMILES string of the molecule is CCCN(C1CC1)C1CCCC(NC)C1. The molecule has 2 saturated carbocycles. The quantitative estimate of drug-likeness (QED) is 0.749. The minimum absolute atomic E-state index is 0.779. The van der Waals surface area contributed by atoms with Crippen LogP contribution >= 0.6 is 0 Å². The van der Waals surface area contributed by atoms with E-state index in [1.165, 1.54) is 51.5 Å². The van der Waals surface area contributed by atoms with Gasteiger partial charge in [-0.3, -0.25) is 4.90 Å². The Morgan fingerprint density at radius 3 is 2.53 bits per heavy atom. The molecule has 88 valence electrons. The number of hydrogen-bond donors (Lipinski definition) is 1. The molecule has 2 nitrogen and oxygen atoms in total. The lowest BCUT2D eigenvalue weighted by molar-refractivity contribution is 0.133. The topological polar surface area (TPSA) is 15.3 Å². The van der Waals surface area contributed by atoms with Crippen molar-refractivity contribution >= 4 is 0 Å². The summed E-state index contributed by atoms with van der Waals surface area (Å²) in [6, 6.07) is 2.61. The molecule has 0 aliphatic heterocycles. The number of hydrogen-bond acceptors (Lipinski definition) is 2. The smallest absolute Gasteiger partial charge is 0.0113 e. The lowest BCUT2D eigenvalue weighted by atomic mass is 9.90. The summed E-state index contributed by atoms with van der Waals surface area (Å²) in [6.45, 7) is 3.64. The fourth-order valence-corrected chi connectivity index (χ4v) is 3.06. The van der Waals surface area contributed by atoms with Crippen molar-refractivity contribution < 1.29 is 0 Å². The Balaban J connectivity index is 1.88. The highest BCUT2D eigenvalue weighted by molar-refractivity contribution is 4.92. The highest BCUT2D eigenvalue weighted by Crippen LogP contribution is 2.33. The van der Waals surface area contributed by atoms with Crippen molar-refractivity contribution in [1.29, 1.82) is 0 Å². The first-order chi connectivity index (χ1) is 7.35. The van der Waals surface area contributed by atoms with Crippen LogP contribution in [0, 0.1) is 0 Å². The molecular weight excluding hydrogens is 184 g/mol. The Hall–Kier alpha value is -0.0800. The molecule has 1 N–H and O–H groups in total. The molecule has 0 aromatic heterocycles. The molecule has 0 saturated heterocycles. The molecule has 2 rings (SSSR count). The van der Waals surface area contributed by atoms with Crippen molar-refractivity contribution in [1.82, 2.24) is 10.2 Å². The maximum atomic E-state index is 3.46. The van der Waals surface area contributed by atoms with E-state index in [0.717, 1.165) is 18.1 Å². The summed E-state index contributed by atoms with van der Waals surface area (Å²) in [7, 11) is 2.12. The van der Waals surface area contributed by atoms with Crippen molar-refractivity contribution in [3.05, 3.63) is 0 Å². The van der Waals surface area contributed by atoms with Crippen LogP contribution in [0.3, 0.4) is 0 Å². The third kappa shape index (κ3) is 2.94. The highest BCUT2D eigenvalue weighted by Gasteiger charge is 2.35. The summed E-state index contributed by atoms with van der Waals surface area (Å²) >= 11 is 0. The molecule has 0 spiro atoms. The van der Waals surface area contributed by atoms with Crippen LogP contribution in [0.4, 0.5) is 0 Å². The van der Waals surface area contributed by atoms with Gasteiger partial charge in [0.05, 0.1) is 0 Å². The van der Waals surface area contributed by atoms with E-state index in [1.807, 2.05) is 0 Å². The summed E-state index contributed by atoms with van der Waals surface area (Å²) in [5.74, 6) is 0. The second-order valence-electron chi connectivity index (χ2n) is 5.28. The van der Waals surface area contributed by atoms with Gasteiger partial charge >= 0.3 is 0 Å². The lowest BCUT2D eigenvalue weighted by Crippen LogP contribution is -2.44. The normalized spacial score (nSPS) is 32.2. The standard InChI is InChI=1S/C13H26N2/c1-3-9-15(12-7-8-12)13-6-4-5-11(10-13)14-2/h11-14H,3-10H2,1-2H3. The minimum atomic E-state index is 0.779. The van der Waals surface area contributed by atoms with Crippen molar-refractivity contribution in [2.45, 2.75) is 70.0 Å². The van der Waals surface area contributed by atoms with Crippen LogP contribution in [-0.2, 0) is 0 Å². The van der Waals surface area contributed by atoms with Gasteiger partial charge in [0, 0.05) is 18.1 Å². The third-order valence-corrected chi connectivity index (χ3v) is 4.02. The maximum Gasteiger partial charge on any atom is 0.0113 e. The molecule has 2 aliphatic rings. The third-order valence-electron chi connectivity index (χ3n) is 4.02. The molecule has 0 aromatic rings. The van der Waals surface area contributed by atoms with Gasteiger partial charge in [-0.15, -0.1) is 0 Å². The van der Waals surface area contributed by atoms with Crippen LogP contribution in [0.5, 0.6) is 0 Å². The fourth-order valence-electron chi connectivity index (χ4n) is 3.06. The minimum Gasteiger partial charge on any atom is -0.317 e. The van der Waals surface area contributed by atoms with E-state index in [2.05, 4.69) is 24.2 Å². The van der Waals surface area contributed by atoms with Crippen LogP contribution < -0.4 is 5.32 Å². The van der Waals surface area contributed by atoms with E-state index in [4.69, 9.17) is 0 Å². The molecule has 2 fully saturated rings. The lowest BCUT2D eigenvalue weighted by Gasteiger charge is -2.37. The Morgan fingerprint density at radius 2 is 1.93 bits per heavy atom. The maximum absolute atomic E-state index is 3.46. The van der Waals surface area contributed by atoms with E-state index in [0.29, 0.717) is 0 Å². The molecule has 0 bridgehead atoms. The monoisotopic (exact) mass is 210 g/mol. The molecule has 0 amide bonds. The van der Waals surface area contributed by atoms with Crippen LogP contribution in [0.1, 0.15) is 51.9 Å². The summed E-state index contributed by atoms with van der Waals surface area (Å²) in [5, 5.41) is 3.46. The van der Waals surface area contributed by atoms with Gasteiger partial charge < -0.3 is 5.32 Å². The van der Waals surface area contributed by atoms with Crippen molar-refractivity contribution in [3.8, 4) is 0 Å². The first kappa shape index (κ1) is 11.4. The van der Waals surface area contributed by atoms with E-state index in [9.17, 15) is 0 Å². The Bertz CT molecular complexity index is 189.